The Balaban J connectivity index is 1.30. The zero-order valence-corrected chi connectivity index (χ0v) is 19.9. The van der Waals surface area contributed by atoms with E-state index in [1.165, 1.54) is 32.2 Å². The largest absolute Gasteiger partial charge is 0.393 e. The Kier molecular flexibility index (Phi) is 4.94. The summed E-state index contributed by atoms with van der Waals surface area (Å²) in [6.45, 7) is 9.36. The number of fused-ring (bicyclic) bond motifs is 8. The van der Waals surface area contributed by atoms with Gasteiger partial charge < -0.3 is 15.3 Å². The predicted octanol–water partition coefficient (Wildman–Crippen LogP) is 3.68. The molecule has 0 radical (unpaired) electrons. The van der Waals surface area contributed by atoms with Crippen molar-refractivity contribution in [2.24, 2.45) is 52.8 Å². The van der Waals surface area contributed by atoms with Crippen molar-refractivity contribution in [1.82, 2.24) is 4.90 Å². The molecule has 2 aliphatic heterocycles. The molecule has 4 nitrogen and oxygen atoms in total. The average molecular weight is 432 g/mol. The average Bonchev–Trinajstić information content (AvgIpc) is 3.09. The maximum atomic E-state index is 11.8. The number of hydrogen-bond donors (Lipinski definition) is 3. The van der Waals surface area contributed by atoms with Crippen molar-refractivity contribution in [3.63, 3.8) is 0 Å². The number of hydrogen-bond acceptors (Lipinski definition) is 4. The second-order valence-electron chi connectivity index (χ2n) is 13.4. The molecule has 0 amide bonds. The van der Waals surface area contributed by atoms with Gasteiger partial charge in [-0.25, -0.2) is 0 Å². The first-order chi connectivity index (χ1) is 14.7. The molecule has 4 heteroatoms. The molecule has 13 atom stereocenters. The topological polar surface area (TPSA) is 63.9 Å². The third kappa shape index (κ3) is 3.00. The van der Waals surface area contributed by atoms with Gasteiger partial charge >= 0.3 is 0 Å². The molecule has 0 aromatic rings. The van der Waals surface area contributed by atoms with Crippen LogP contribution in [0.4, 0.5) is 0 Å². The number of rotatable bonds is 0. The van der Waals surface area contributed by atoms with Gasteiger partial charge in [-0.2, -0.15) is 0 Å². The van der Waals surface area contributed by atoms with Crippen LogP contribution in [0.3, 0.4) is 0 Å². The first-order valence-corrected chi connectivity index (χ1v) is 13.5. The molecule has 0 aromatic carbocycles. The molecule has 4 saturated carbocycles. The van der Waals surface area contributed by atoms with E-state index in [0.717, 1.165) is 50.5 Å². The fourth-order valence-electron chi connectivity index (χ4n) is 10.6. The van der Waals surface area contributed by atoms with Crippen LogP contribution in [0.15, 0.2) is 0 Å². The van der Waals surface area contributed by atoms with E-state index in [2.05, 4.69) is 25.7 Å². The van der Waals surface area contributed by atoms with Gasteiger partial charge in [-0.15, -0.1) is 0 Å². The smallest absolute Gasteiger partial charge is 0.0805 e. The summed E-state index contributed by atoms with van der Waals surface area (Å²) in [6.07, 6.45) is 9.43. The molecule has 31 heavy (non-hydrogen) atoms. The van der Waals surface area contributed by atoms with Crippen LogP contribution in [-0.4, -0.2) is 57.2 Å². The van der Waals surface area contributed by atoms with Crippen LogP contribution in [0.5, 0.6) is 0 Å². The van der Waals surface area contributed by atoms with E-state index in [9.17, 15) is 15.3 Å². The molecule has 0 spiro atoms. The summed E-state index contributed by atoms with van der Waals surface area (Å²) in [5.74, 6) is 4.89. The summed E-state index contributed by atoms with van der Waals surface area (Å²) in [5, 5.41) is 33.3. The summed E-state index contributed by atoms with van der Waals surface area (Å²) >= 11 is 0. The maximum absolute atomic E-state index is 11.8. The third-order valence-corrected chi connectivity index (χ3v) is 12.0. The molecule has 0 unspecified atom stereocenters. The second-order valence-corrected chi connectivity index (χ2v) is 13.4. The van der Waals surface area contributed by atoms with E-state index in [0.29, 0.717) is 35.6 Å². The predicted molar refractivity (Wildman–Crippen MR) is 121 cm³/mol. The van der Waals surface area contributed by atoms with Gasteiger partial charge in [-0.1, -0.05) is 13.8 Å². The fourth-order valence-corrected chi connectivity index (χ4v) is 10.6. The van der Waals surface area contributed by atoms with Crippen molar-refractivity contribution in [3.05, 3.63) is 0 Å². The molecular formula is C27H45NO3. The molecule has 6 rings (SSSR count). The third-order valence-electron chi connectivity index (χ3n) is 12.0. The number of aliphatic hydroxyl groups is 3. The highest BCUT2D eigenvalue weighted by Crippen LogP contribution is 2.67. The highest BCUT2D eigenvalue weighted by atomic mass is 16.3. The summed E-state index contributed by atoms with van der Waals surface area (Å²) < 4.78 is 0. The van der Waals surface area contributed by atoms with Crippen LogP contribution in [0.25, 0.3) is 0 Å². The Morgan fingerprint density at radius 2 is 1.55 bits per heavy atom. The van der Waals surface area contributed by atoms with Crippen LogP contribution in [0.1, 0.15) is 78.6 Å². The molecule has 6 aliphatic rings. The molecule has 2 heterocycles. The van der Waals surface area contributed by atoms with E-state index in [4.69, 9.17) is 0 Å². The minimum Gasteiger partial charge on any atom is -0.393 e. The maximum Gasteiger partial charge on any atom is 0.0805 e. The van der Waals surface area contributed by atoms with Crippen molar-refractivity contribution in [2.75, 3.05) is 13.1 Å². The summed E-state index contributed by atoms with van der Waals surface area (Å²) in [4.78, 5) is 2.68. The number of piperidine rings is 2. The van der Waals surface area contributed by atoms with Crippen molar-refractivity contribution in [3.8, 4) is 0 Å². The molecule has 0 bridgehead atoms. The van der Waals surface area contributed by atoms with Gasteiger partial charge in [0.15, 0.2) is 0 Å². The number of aliphatic hydroxyl groups excluding tert-OH is 2. The Bertz CT molecular complexity index is 711. The monoisotopic (exact) mass is 431 g/mol. The van der Waals surface area contributed by atoms with E-state index in [1.54, 1.807) is 0 Å². The van der Waals surface area contributed by atoms with Crippen LogP contribution >= 0.6 is 0 Å². The first kappa shape index (κ1) is 21.4. The number of nitrogens with zero attached hydrogens (tertiary/aromatic N) is 1. The van der Waals surface area contributed by atoms with E-state index >= 15 is 0 Å². The van der Waals surface area contributed by atoms with Crippen molar-refractivity contribution >= 4 is 0 Å². The molecular weight excluding hydrogens is 386 g/mol. The van der Waals surface area contributed by atoms with Gasteiger partial charge in [0, 0.05) is 19.1 Å². The Hall–Kier alpha value is -0.160. The van der Waals surface area contributed by atoms with Gasteiger partial charge in [0.25, 0.3) is 0 Å². The zero-order valence-electron chi connectivity index (χ0n) is 19.9. The van der Waals surface area contributed by atoms with Crippen molar-refractivity contribution in [1.29, 1.82) is 0 Å². The standard InChI is InChI=1S/C27H45NO3/c1-15-4-7-25-27(3,31)21-6-5-17-18(20(21)14-28(25)13-15)11-22-19(17)12-24(30)23-10-16(29)8-9-26(22,23)2/h15-25,29-31H,4-14H2,1-3H3/t15-,16+,17-,18-,19+,20+,21+,22+,23-,24+,25+,26-,27+/m1/s1. The van der Waals surface area contributed by atoms with E-state index < -0.39 is 5.60 Å². The van der Waals surface area contributed by atoms with Gasteiger partial charge in [0.05, 0.1) is 17.8 Å². The summed E-state index contributed by atoms with van der Waals surface area (Å²) in [5.41, 5.74) is -0.365. The molecule has 0 aromatic heterocycles. The molecule has 6 fully saturated rings. The molecule has 2 saturated heterocycles. The van der Waals surface area contributed by atoms with Gasteiger partial charge in [0.1, 0.15) is 0 Å². The summed E-state index contributed by atoms with van der Waals surface area (Å²) in [6, 6.07) is 0.355. The van der Waals surface area contributed by atoms with Gasteiger partial charge in [-0.3, -0.25) is 4.90 Å². The Morgan fingerprint density at radius 1 is 0.742 bits per heavy atom. The highest BCUT2D eigenvalue weighted by Gasteiger charge is 2.64. The lowest BCUT2D eigenvalue weighted by molar-refractivity contribution is -0.176. The van der Waals surface area contributed by atoms with Crippen molar-refractivity contribution in [2.45, 2.75) is 102 Å². The Morgan fingerprint density at radius 3 is 2.35 bits per heavy atom. The van der Waals surface area contributed by atoms with Crippen LogP contribution in [-0.2, 0) is 0 Å². The van der Waals surface area contributed by atoms with E-state index in [1.807, 2.05) is 0 Å². The zero-order chi connectivity index (χ0) is 21.7. The second kappa shape index (κ2) is 7.17. The van der Waals surface area contributed by atoms with E-state index in [-0.39, 0.29) is 23.5 Å². The fraction of sp³-hybridized carbons (Fsp3) is 1.00. The van der Waals surface area contributed by atoms with Crippen LogP contribution in [0, 0.1) is 52.8 Å². The lowest BCUT2D eigenvalue weighted by Gasteiger charge is -2.60. The van der Waals surface area contributed by atoms with Gasteiger partial charge in [-0.05, 0) is 117 Å². The lowest BCUT2D eigenvalue weighted by atomic mass is 9.51. The minimum atomic E-state index is -0.553. The van der Waals surface area contributed by atoms with Crippen LogP contribution in [0.2, 0.25) is 0 Å². The minimum absolute atomic E-state index is 0.188. The lowest BCUT2D eigenvalue weighted by Crippen LogP contribution is -2.67. The van der Waals surface area contributed by atoms with Crippen molar-refractivity contribution < 1.29 is 15.3 Å². The van der Waals surface area contributed by atoms with Crippen LogP contribution < -0.4 is 0 Å². The molecule has 3 N–H and O–H groups in total. The molecule has 4 aliphatic carbocycles. The Labute approximate surface area is 188 Å². The van der Waals surface area contributed by atoms with Gasteiger partial charge in [0.2, 0.25) is 0 Å². The normalized spacial score (nSPS) is 61.5. The highest BCUT2D eigenvalue weighted by molar-refractivity contribution is 5.14. The SMILES string of the molecule is C[C@@H]1CC[C@@H]2N(C1)C[C@H]1[C@@H]3C[C@H]4[C@@H](C[C@H](O)[C@H]5C[C@@H](O)CC[C@@]54C)[C@@H]3CC[C@@H]1[C@]2(C)O. The molecule has 176 valence electrons. The first-order valence-electron chi connectivity index (χ1n) is 13.5. The summed E-state index contributed by atoms with van der Waals surface area (Å²) in [7, 11) is 0. The quantitative estimate of drug-likeness (QED) is 0.547.